The molecule has 1 N–H and O–H groups in total. The average molecular weight is 222 g/mol. The van der Waals surface area contributed by atoms with Crippen LogP contribution in [0.25, 0.3) is 0 Å². The summed E-state index contributed by atoms with van der Waals surface area (Å²) in [5.41, 5.74) is -0.202. The van der Waals surface area contributed by atoms with Crippen molar-refractivity contribution in [2.75, 3.05) is 19.7 Å². The minimum atomic E-state index is -0.202. The van der Waals surface area contributed by atoms with E-state index in [2.05, 4.69) is 11.0 Å². The van der Waals surface area contributed by atoms with Crippen LogP contribution >= 0.6 is 0 Å². The van der Waals surface area contributed by atoms with Crippen molar-refractivity contribution in [2.24, 2.45) is 5.92 Å². The van der Waals surface area contributed by atoms with E-state index in [1.807, 2.05) is 0 Å². The molecular formula is C13H22N2O. The van der Waals surface area contributed by atoms with Crippen LogP contribution in [0.15, 0.2) is 0 Å². The second-order valence-corrected chi connectivity index (χ2v) is 5.34. The van der Waals surface area contributed by atoms with Crippen molar-refractivity contribution in [2.45, 2.75) is 50.5 Å². The summed E-state index contributed by atoms with van der Waals surface area (Å²) in [5.74, 6) is 0.390. The number of hydrogen-bond donors (Lipinski definition) is 1. The number of likely N-dealkylation sites (tertiary alicyclic amines) is 1. The van der Waals surface area contributed by atoms with Crippen LogP contribution < -0.4 is 0 Å². The van der Waals surface area contributed by atoms with Crippen molar-refractivity contribution in [1.29, 1.82) is 5.26 Å². The quantitative estimate of drug-likeness (QED) is 0.776. The first-order valence-corrected chi connectivity index (χ1v) is 6.58. The molecular weight excluding hydrogens is 200 g/mol. The number of nitriles is 1. The van der Waals surface area contributed by atoms with Crippen LogP contribution in [0.4, 0.5) is 0 Å². The summed E-state index contributed by atoms with van der Waals surface area (Å²) in [7, 11) is 0. The van der Waals surface area contributed by atoms with Crippen molar-refractivity contribution in [3.8, 4) is 6.07 Å². The van der Waals surface area contributed by atoms with E-state index in [0.29, 0.717) is 5.92 Å². The van der Waals surface area contributed by atoms with Crippen LogP contribution in [0.5, 0.6) is 0 Å². The smallest absolute Gasteiger partial charge is 0.109 e. The number of aliphatic hydroxyl groups excluding tert-OH is 1. The summed E-state index contributed by atoms with van der Waals surface area (Å²) >= 11 is 0. The van der Waals surface area contributed by atoms with E-state index in [4.69, 9.17) is 0 Å². The third kappa shape index (κ3) is 2.23. The van der Waals surface area contributed by atoms with Gasteiger partial charge in [0, 0.05) is 13.2 Å². The number of piperidine rings is 1. The first kappa shape index (κ1) is 11.9. The Hall–Kier alpha value is -0.590. The second kappa shape index (κ2) is 5.16. The Bertz CT molecular complexity index is 266. The topological polar surface area (TPSA) is 47.3 Å². The Morgan fingerprint density at radius 3 is 2.62 bits per heavy atom. The first-order chi connectivity index (χ1) is 7.80. The van der Waals surface area contributed by atoms with Gasteiger partial charge in [-0.3, -0.25) is 4.90 Å². The zero-order valence-electron chi connectivity index (χ0n) is 9.99. The van der Waals surface area contributed by atoms with E-state index < -0.39 is 0 Å². The Balaban J connectivity index is 2.05. The van der Waals surface area contributed by atoms with Gasteiger partial charge in [-0.1, -0.05) is 19.3 Å². The van der Waals surface area contributed by atoms with Gasteiger partial charge in [0.25, 0.3) is 0 Å². The lowest BCUT2D eigenvalue weighted by atomic mass is 9.79. The normalized spacial score (nSPS) is 30.9. The summed E-state index contributed by atoms with van der Waals surface area (Å²) in [6, 6.07) is 2.58. The van der Waals surface area contributed by atoms with Gasteiger partial charge < -0.3 is 5.11 Å². The molecule has 1 saturated carbocycles. The average Bonchev–Trinajstić information content (AvgIpc) is 2.39. The van der Waals surface area contributed by atoms with Crippen LogP contribution in [0.1, 0.15) is 44.9 Å². The second-order valence-electron chi connectivity index (χ2n) is 5.34. The lowest BCUT2D eigenvalue weighted by molar-refractivity contribution is 0.0362. The molecule has 1 unspecified atom stereocenters. The number of aliphatic hydroxyl groups is 1. The van der Waals surface area contributed by atoms with E-state index in [-0.39, 0.29) is 12.1 Å². The highest BCUT2D eigenvalue weighted by molar-refractivity contribution is 5.10. The molecule has 0 radical (unpaired) electrons. The van der Waals surface area contributed by atoms with Gasteiger partial charge in [-0.05, 0) is 38.1 Å². The fraction of sp³-hybridized carbons (Fsp3) is 0.923. The molecule has 0 aromatic rings. The van der Waals surface area contributed by atoms with Gasteiger partial charge in [0.1, 0.15) is 5.54 Å². The number of hydrogen-bond acceptors (Lipinski definition) is 3. The van der Waals surface area contributed by atoms with E-state index in [1.165, 1.54) is 19.3 Å². The third-order valence-electron chi connectivity index (χ3n) is 4.27. The minimum absolute atomic E-state index is 0.202. The van der Waals surface area contributed by atoms with Crippen LogP contribution in [0, 0.1) is 17.2 Å². The summed E-state index contributed by atoms with van der Waals surface area (Å²) in [6.07, 6.45) is 7.97. The minimum Gasteiger partial charge on any atom is -0.396 e. The van der Waals surface area contributed by atoms with Gasteiger partial charge in [-0.25, -0.2) is 0 Å². The molecule has 90 valence electrons. The van der Waals surface area contributed by atoms with Crippen LogP contribution in [0.3, 0.4) is 0 Å². The number of nitrogens with zero attached hydrogens (tertiary/aromatic N) is 2. The highest BCUT2D eigenvalue weighted by atomic mass is 16.3. The summed E-state index contributed by atoms with van der Waals surface area (Å²) in [4.78, 5) is 2.36. The van der Waals surface area contributed by atoms with E-state index in [9.17, 15) is 10.4 Å². The first-order valence-electron chi connectivity index (χ1n) is 6.58. The molecule has 1 aliphatic heterocycles. The highest BCUT2D eigenvalue weighted by Gasteiger charge is 2.40. The Morgan fingerprint density at radius 1 is 1.25 bits per heavy atom. The molecule has 0 bridgehead atoms. The fourth-order valence-corrected chi connectivity index (χ4v) is 3.24. The number of rotatable bonds is 2. The molecule has 0 aromatic heterocycles. The monoisotopic (exact) mass is 222 g/mol. The lowest BCUT2D eigenvalue weighted by Crippen LogP contribution is -2.53. The summed E-state index contributed by atoms with van der Waals surface area (Å²) in [6.45, 7) is 2.24. The summed E-state index contributed by atoms with van der Waals surface area (Å²) < 4.78 is 0. The maximum Gasteiger partial charge on any atom is 0.109 e. The third-order valence-corrected chi connectivity index (χ3v) is 4.27. The molecule has 2 rings (SSSR count). The standard InChI is InChI=1S/C13H22N2O/c14-11-13(6-2-1-3-7-13)15-8-4-5-12(9-15)10-16/h12,16H,1-10H2. The Labute approximate surface area is 98.1 Å². The molecule has 1 atom stereocenters. The van der Waals surface area contributed by atoms with Crippen LogP contribution in [-0.4, -0.2) is 35.2 Å². The van der Waals surface area contributed by atoms with Crippen molar-refractivity contribution in [1.82, 2.24) is 4.90 Å². The molecule has 0 spiro atoms. The van der Waals surface area contributed by atoms with Gasteiger partial charge in [-0.2, -0.15) is 5.26 Å². The van der Waals surface area contributed by atoms with E-state index in [0.717, 1.165) is 38.8 Å². The van der Waals surface area contributed by atoms with Gasteiger partial charge >= 0.3 is 0 Å². The molecule has 1 saturated heterocycles. The molecule has 1 heterocycles. The van der Waals surface area contributed by atoms with Crippen LogP contribution in [-0.2, 0) is 0 Å². The zero-order chi connectivity index (χ0) is 11.4. The van der Waals surface area contributed by atoms with Crippen molar-refractivity contribution in [3.05, 3.63) is 0 Å². The molecule has 16 heavy (non-hydrogen) atoms. The zero-order valence-corrected chi connectivity index (χ0v) is 9.99. The molecule has 3 heteroatoms. The largest absolute Gasteiger partial charge is 0.396 e. The lowest BCUT2D eigenvalue weighted by Gasteiger charge is -2.45. The van der Waals surface area contributed by atoms with Crippen LogP contribution in [0.2, 0.25) is 0 Å². The van der Waals surface area contributed by atoms with Crippen molar-refractivity contribution in [3.63, 3.8) is 0 Å². The van der Waals surface area contributed by atoms with E-state index >= 15 is 0 Å². The Kier molecular flexibility index (Phi) is 3.83. The van der Waals surface area contributed by atoms with E-state index in [1.54, 1.807) is 0 Å². The maximum absolute atomic E-state index is 9.50. The molecule has 1 aliphatic carbocycles. The summed E-state index contributed by atoms with van der Waals surface area (Å²) in [5, 5.41) is 18.8. The predicted molar refractivity (Wildman–Crippen MR) is 62.8 cm³/mol. The molecule has 2 fully saturated rings. The van der Waals surface area contributed by atoms with Crippen molar-refractivity contribution >= 4 is 0 Å². The highest BCUT2D eigenvalue weighted by Crippen LogP contribution is 2.35. The molecule has 0 aromatic carbocycles. The van der Waals surface area contributed by atoms with Crippen molar-refractivity contribution < 1.29 is 5.11 Å². The Morgan fingerprint density at radius 2 is 2.00 bits per heavy atom. The van der Waals surface area contributed by atoms with Gasteiger partial charge in [0.05, 0.1) is 6.07 Å². The SMILES string of the molecule is N#CC1(N2CCCC(CO)C2)CCCCC1. The molecule has 2 aliphatic rings. The van der Waals surface area contributed by atoms with Gasteiger partial charge in [0.15, 0.2) is 0 Å². The molecule has 0 amide bonds. The van der Waals surface area contributed by atoms with Gasteiger partial charge in [0.2, 0.25) is 0 Å². The maximum atomic E-state index is 9.50. The fourth-order valence-electron chi connectivity index (χ4n) is 3.24. The molecule has 3 nitrogen and oxygen atoms in total. The predicted octanol–water partition coefficient (Wildman–Crippen LogP) is 1.92. The van der Waals surface area contributed by atoms with Gasteiger partial charge in [-0.15, -0.1) is 0 Å².